The van der Waals surface area contributed by atoms with Crippen LogP contribution in [-0.4, -0.2) is 100 Å². The van der Waals surface area contributed by atoms with Crippen LogP contribution >= 0.6 is 0 Å². The highest BCUT2D eigenvalue weighted by Gasteiger charge is 2.84. The minimum absolute atomic E-state index is 0.0407. The molecule has 10 heteroatoms. The zero-order chi connectivity index (χ0) is 35.7. The van der Waals surface area contributed by atoms with Crippen LogP contribution in [0, 0.1) is 50.7 Å². The van der Waals surface area contributed by atoms with E-state index in [4.69, 9.17) is 18.9 Å². The molecule has 0 bridgehead atoms. The molecule has 2 spiro atoms. The van der Waals surface area contributed by atoms with E-state index in [9.17, 15) is 24.9 Å². The van der Waals surface area contributed by atoms with Gasteiger partial charge in [0, 0.05) is 18.9 Å². The molecule has 2 aliphatic heterocycles. The Morgan fingerprint density at radius 3 is 2.35 bits per heavy atom. The van der Waals surface area contributed by atoms with Gasteiger partial charge in [-0.05, 0) is 117 Å². The van der Waals surface area contributed by atoms with Gasteiger partial charge in [0.2, 0.25) is 0 Å². The minimum Gasteiger partial charge on any atom is -0.480 e. The number of nitrogens with zero attached hydrogens (tertiary/aromatic N) is 1. The molecule has 0 aromatic heterocycles. The van der Waals surface area contributed by atoms with Crippen LogP contribution < -0.4 is 0 Å². The molecule has 2 saturated heterocycles. The molecule has 7 fully saturated rings. The van der Waals surface area contributed by atoms with Crippen molar-refractivity contribution >= 4 is 11.9 Å². The Balaban J connectivity index is 1.12. The average Bonchev–Trinajstić information content (AvgIpc) is 3.65. The number of carboxylic acids is 1. The van der Waals surface area contributed by atoms with Gasteiger partial charge in [-0.15, -0.1) is 0 Å². The van der Waals surface area contributed by atoms with E-state index in [0.29, 0.717) is 38.0 Å². The van der Waals surface area contributed by atoms with Gasteiger partial charge in [-0.2, -0.15) is 0 Å². The summed E-state index contributed by atoms with van der Waals surface area (Å²) in [6, 6.07) is -0.566. The monoisotopic (exact) mass is 689 g/mol. The Kier molecular flexibility index (Phi) is 8.54. The molecule has 7 rings (SSSR count). The predicted molar refractivity (Wildman–Crippen MR) is 181 cm³/mol. The van der Waals surface area contributed by atoms with Gasteiger partial charge in [0.25, 0.3) is 0 Å². The summed E-state index contributed by atoms with van der Waals surface area (Å²) in [5.74, 6) is 0.0786. The number of aliphatic hydroxyl groups excluding tert-OH is 1. The van der Waals surface area contributed by atoms with Crippen LogP contribution in [0.4, 0.5) is 0 Å². The first-order chi connectivity index (χ1) is 22.7. The zero-order valence-corrected chi connectivity index (χ0v) is 31.4. The highest BCUT2D eigenvalue weighted by Crippen LogP contribution is 2.89. The number of hydrogen-bond acceptors (Lipinski definition) is 9. The van der Waals surface area contributed by atoms with E-state index in [1.807, 2.05) is 4.90 Å². The summed E-state index contributed by atoms with van der Waals surface area (Å²) in [5.41, 5.74) is -1.30. The largest absolute Gasteiger partial charge is 0.480 e. The number of morpholine rings is 1. The van der Waals surface area contributed by atoms with Crippen LogP contribution in [0.3, 0.4) is 0 Å². The maximum atomic E-state index is 12.6. The molecule has 2 heterocycles. The maximum absolute atomic E-state index is 12.6. The van der Waals surface area contributed by atoms with Crippen LogP contribution in [-0.2, 0) is 28.5 Å². The lowest BCUT2D eigenvalue weighted by Gasteiger charge is -2.64. The van der Waals surface area contributed by atoms with E-state index in [1.54, 1.807) is 20.8 Å². The topological polar surface area (TPSA) is 135 Å². The summed E-state index contributed by atoms with van der Waals surface area (Å²) in [6.45, 7) is 19.8. The van der Waals surface area contributed by atoms with Crippen LogP contribution in [0.5, 0.6) is 0 Å². The first kappa shape index (κ1) is 36.1. The molecular weight excluding hydrogens is 626 g/mol. The molecule has 5 saturated carbocycles. The molecule has 0 aromatic rings. The highest BCUT2D eigenvalue weighted by molar-refractivity contribution is 5.72. The second-order valence-corrected chi connectivity index (χ2v) is 19.2. The van der Waals surface area contributed by atoms with Crippen molar-refractivity contribution in [2.24, 2.45) is 50.7 Å². The fourth-order valence-electron chi connectivity index (χ4n) is 14.0. The Bertz CT molecular complexity index is 1330. The van der Waals surface area contributed by atoms with Crippen molar-refractivity contribution < 1.29 is 43.9 Å². The molecule has 10 unspecified atom stereocenters. The summed E-state index contributed by atoms with van der Waals surface area (Å²) in [7, 11) is 0. The molecular formula is C39H63NO9. The number of esters is 1. The maximum Gasteiger partial charge on any atom is 0.320 e. The molecule has 0 radical (unpaired) electrons. The number of carbonyl (C=O) groups is 2. The summed E-state index contributed by atoms with van der Waals surface area (Å²) in [5, 5.41) is 33.2. The Morgan fingerprint density at radius 2 is 1.69 bits per heavy atom. The van der Waals surface area contributed by atoms with E-state index in [2.05, 4.69) is 34.6 Å². The van der Waals surface area contributed by atoms with Gasteiger partial charge in [0.15, 0.2) is 12.4 Å². The van der Waals surface area contributed by atoms with Gasteiger partial charge in [-0.3, -0.25) is 14.5 Å². The quantitative estimate of drug-likeness (QED) is 0.313. The van der Waals surface area contributed by atoms with E-state index in [1.165, 1.54) is 19.8 Å². The van der Waals surface area contributed by atoms with Crippen molar-refractivity contribution in [1.29, 1.82) is 0 Å². The van der Waals surface area contributed by atoms with Crippen molar-refractivity contribution in [1.82, 2.24) is 4.90 Å². The standard InChI is InChI=1S/C39H63NO9/c1-21-18-24(32(35(6,7)45)47-23(3)41)48-30-29(21)36(8)14-15-39-20-38(39)13-12-27(49-28-19-40(16-17-46-28)22(2)33(43)44)34(4,5)25(38)10-11-26(39)37(36,9)31(30)42/h21-22,24-32,42,45H,10-20H2,1-9H3,(H,43,44)/t21-,22?,24?,25+,26?,27?,28?,29+,30?,31+,32?,36?,37-,38?,39?/m1/s1. The Hall–Kier alpha value is -1.30. The first-order valence-corrected chi connectivity index (χ1v) is 19.2. The number of carbonyl (C=O) groups excluding carboxylic acids is 1. The van der Waals surface area contributed by atoms with E-state index in [0.717, 1.165) is 32.1 Å². The van der Waals surface area contributed by atoms with E-state index < -0.39 is 48.2 Å². The molecule has 0 aromatic carbocycles. The first-order valence-electron chi connectivity index (χ1n) is 19.2. The lowest BCUT2D eigenvalue weighted by molar-refractivity contribution is -0.251. The van der Waals surface area contributed by atoms with Crippen LogP contribution in [0.2, 0.25) is 0 Å². The molecule has 7 aliphatic rings. The normalized spacial score (nSPS) is 50.1. The number of rotatable bonds is 7. The highest BCUT2D eigenvalue weighted by atomic mass is 16.7. The lowest BCUT2D eigenvalue weighted by Crippen LogP contribution is -2.60. The van der Waals surface area contributed by atoms with Crippen molar-refractivity contribution in [3.8, 4) is 0 Å². The molecule has 49 heavy (non-hydrogen) atoms. The molecule has 10 nitrogen and oxygen atoms in total. The van der Waals surface area contributed by atoms with Crippen LogP contribution in [0.1, 0.15) is 114 Å². The summed E-state index contributed by atoms with van der Waals surface area (Å²) < 4.78 is 25.3. The number of fused-ring (bicyclic) bond motifs is 4. The average molecular weight is 690 g/mol. The van der Waals surface area contributed by atoms with Gasteiger partial charge in [0.1, 0.15) is 6.04 Å². The van der Waals surface area contributed by atoms with Gasteiger partial charge in [-0.1, -0.05) is 34.6 Å². The second-order valence-electron chi connectivity index (χ2n) is 19.2. The van der Waals surface area contributed by atoms with Crippen LogP contribution in [0.25, 0.3) is 0 Å². The summed E-state index contributed by atoms with van der Waals surface area (Å²) >= 11 is 0. The zero-order valence-electron chi connectivity index (χ0n) is 31.4. The van der Waals surface area contributed by atoms with Gasteiger partial charge in [-0.25, -0.2) is 0 Å². The number of hydrogen-bond donors (Lipinski definition) is 3. The fraction of sp³-hybridized carbons (Fsp3) is 0.949. The van der Waals surface area contributed by atoms with Crippen molar-refractivity contribution in [3.05, 3.63) is 0 Å². The Labute approximate surface area is 292 Å². The number of ether oxygens (including phenoxy) is 4. The van der Waals surface area contributed by atoms with E-state index >= 15 is 0 Å². The van der Waals surface area contributed by atoms with Gasteiger partial charge in [0.05, 0.1) is 43.2 Å². The SMILES string of the molecule is CC(=O)OC(C1C[C@@H](C)[C@H]2C(O1)[C@H](O)[C@@]1(C)C3CC[C@H]4C(C)(C)C(OC5CN(C(C)C(=O)O)CCO5)CCC45CC35CCC21C)C(C)(C)O. The van der Waals surface area contributed by atoms with Crippen molar-refractivity contribution in [2.45, 2.75) is 162 Å². The number of carboxylic acid groups (broad SMARTS) is 1. The second kappa shape index (κ2) is 11.6. The van der Waals surface area contributed by atoms with E-state index in [-0.39, 0.29) is 51.1 Å². The third-order valence-corrected chi connectivity index (χ3v) is 16.4. The third kappa shape index (κ3) is 4.99. The molecule has 15 atom stereocenters. The third-order valence-electron chi connectivity index (χ3n) is 16.4. The predicted octanol–water partition coefficient (Wildman–Crippen LogP) is 5.02. The fourth-order valence-corrected chi connectivity index (χ4v) is 14.0. The van der Waals surface area contributed by atoms with Crippen molar-refractivity contribution in [2.75, 3.05) is 19.7 Å². The smallest absolute Gasteiger partial charge is 0.320 e. The molecule has 5 aliphatic carbocycles. The van der Waals surface area contributed by atoms with Gasteiger partial charge < -0.3 is 34.3 Å². The molecule has 0 amide bonds. The number of aliphatic carboxylic acids is 1. The molecule has 278 valence electrons. The minimum atomic E-state index is -1.27. The lowest BCUT2D eigenvalue weighted by atomic mass is 9.41. The Morgan fingerprint density at radius 1 is 1.02 bits per heavy atom. The number of aliphatic hydroxyl groups is 2. The van der Waals surface area contributed by atoms with Crippen molar-refractivity contribution in [3.63, 3.8) is 0 Å². The van der Waals surface area contributed by atoms with Crippen LogP contribution in [0.15, 0.2) is 0 Å². The summed E-state index contributed by atoms with van der Waals surface area (Å²) in [4.78, 5) is 25.7. The summed E-state index contributed by atoms with van der Waals surface area (Å²) in [6.07, 6.45) is 5.72. The molecule has 3 N–H and O–H groups in total. The van der Waals surface area contributed by atoms with Gasteiger partial charge >= 0.3 is 11.9 Å².